The maximum atomic E-state index is 11.5. The molecule has 0 fully saturated rings. The number of benzene rings is 1. The monoisotopic (exact) mass is 290 g/mol. The van der Waals surface area contributed by atoms with E-state index in [1.807, 2.05) is 5.43 Å². The lowest BCUT2D eigenvalue weighted by Crippen LogP contribution is -2.29. The zero-order valence-corrected chi connectivity index (χ0v) is 11.0. The van der Waals surface area contributed by atoms with Crippen molar-refractivity contribution in [1.29, 1.82) is 0 Å². The number of amides is 1. The molecule has 1 aromatic heterocycles. The van der Waals surface area contributed by atoms with E-state index in [2.05, 4.69) is 0 Å². The molecule has 7 heteroatoms. The second-order valence-corrected chi connectivity index (χ2v) is 4.95. The second kappa shape index (κ2) is 4.70. The molecule has 0 spiro atoms. The molecule has 1 aromatic carbocycles. The van der Waals surface area contributed by atoms with E-state index in [-0.39, 0.29) is 0 Å². The van der Waals surface area contributed by atoms with Crippen LogP contribution in [-0.4, -0.2) is 13.0 Å². The van der Waals surface area contributed by atoms with E-state index in [1.54, 1.807) is 12.1 Å². The number of carbonyl (C=O) groups is 1. The molecule has 1 amide bonds. The van der Waals surface area contributed by atoms with Crippen molar-refractivity contribution in [1.82, 2.24) is 5.43 Å². The Morgan fingerprint density at radius 3 is 2.71 bits per heavy atom. The average Bonchev–Trinajstić information content (AvgIpc) is 2.68. The van der Waals surface area contributed by atoms with E-state index in [4.69, 9.17) is 33.8 Å². The summed E-state index contributed by atoms with van der Waals surface area (Å²) in [5, 5.41) is 1.49. The van der Waals surface area contributed by atoms with Gasteiger partial charge in [-0.25, -0.2) is 5.84 Å². The molecule has 0 radical (unpaired) electrons. The summed E-state index contributed by atoms with van der Waals surface area (Å²) in [6.45, 7) is 0. The number of nitrogens with one attached hydrogen (secondary N) is 1. The minimum absolute atomic E-state index is 0.333. The molecule has 0 bridgehead atoms. The topological polar surface area (TPSA) is 64.3 Å². The van der Waals surface area contributed by atoms with Crippen LogP contribution in [0.5, 0.6) is 5.75 Å². The number of thiophene rings is 1. The van der Waals surface area contributed by atoms with Crippen LogP contribution in [0.3, 0.4) is 0 Å². The molecule has 0 saturated heterocycles. The first-order valence-electron chi connectivity index (χ1n) is 4.55. The van der Waals surface area contributed by atoms with Crippen LogP contribution in [0.2, 0.25) is 10.0 Å². The number of hydrogen-bond donors (Lipinski definition) is 2. The summed E-state index contributed by atoms with van der Waals surface area (Å²) in [6, 6.07) is 3.46. The summed E-state index contributed by atoms with van der Waals surface area (Å²) in [5.41, 5.74) is 2.04. The fourth-order valence-corrected chi connectivity index (χ4v) is 3.25. The Hall–Kier alpha value is -1.01. The van der Waals surface area contributed by atoms with Gasteiger partial charge in [-0.1, -0.05) is 23.2 Å². The molecule has 0 aliphatic rings. The number of carbonyl (C=O) groups excluding carboxylic acids is 1. The normalized spacial score (nSPS) is 10.6. The summed E-state index contributed by atoms with van der Waals surface area (Å²) in [4.78, 5) is 11.8. The number of methoxy groups -OCH3 is 1. The van der Waals surface area contributed by atoms with Gasteiger partial charge < -0.3 is 4.74 Å². The Kier molecular flexibility index (Phi) is 3.44. The minimum atomic E-state index is -0.439. The predicted octanol–water partition coefficient (Wildman–Crippen LogP) is 2.82. The van der Waals surface area contributed by atoms with Crippen LogP contribution in [0.1, 0.15) is 9.67 Å². The van der Waals surface area contributed by atoms with Crippen molar-refractivity contribution < 1.29 is 9.53 Å². The van der Waals surface area contributed by atoms with Gasteiger partial charge in [0.25, 0.3) is 5.91 Å². The first kappa shape index (κ1) is 12.4. The number of nitrogens with two attached hydrogens (primary N) is 1. The van der Waals surface area contributed by atoms with Crippen molar-refractivity contribution in [2.24, 2.45) is 5.84 Å². The molecule has 90 valence electrons. The molecule has 0 unspecified atom stereocenters. The quantitative estimate of drug-likeness (QED) is 0.508. The summed E-state index contributed by atoms with van der Waals surface area (Å²) in [5.74, 6) is 5.18. The molecule has 1 heterocycles. The van der Waals surface area contributed by atoms with E-state index < -0.39 is 5.91 Å². The highest BCUT2D eigenvalue weighted by Crippen LogP contribution is 2.42. The number of ether oxygens (including phenoxy) is 1. The van der Waals surface area contributed by atoms with Gasteiger partial charge in [-0.05, 0) is 12.1 Å². The Morgan fingerprint density at radius 2 is 2.12 bits per heavy atom. The third-order valence-electron chi connectivity index (χ3n) is 2.26. The summed E-state index contributed by atoms with van der Waals surface area (Å²) in [7, 11) is 1.52. The van der Waals surface area contributed by atoms with Gasteiger partial charge in [-0.3, -0.25) is 10.2 Å². The number of hydrogen-bond acceptors (Lipinski definition) is 4. The van der Waals surface area contributed by atoms with Crippen LogP contribution >= 0.6 is 34.5 Å². The molecule has 2 aromatic rings. The zero-order valence-electron chi connectivity index (χ0n) is 8.71. The first-order valence-corrected chi connectivity index (χ1v) is 6.12. The third kappa shape index (κ3) is 1.95. The molecule has 0 aliphatic heterocycles. The number of hydrazine groups is 1. The van der Waals surface area contributed by atoms with Gasteiger partial charge in [0.15, 0.2) is 0 Å². The van der Waals surface area contributed by atoms with Crippen molar-refractivity contribution in [2.75, 3.05) is 7.11 Å². The maximum absolute atomic E-state index is 11.5. The van der Waals surface area contributed by atoms with Gasteiger partial charge in [0, 0.05) is 5.39 Å². The minimum Gasteiger partial charge on any atom is -0.495 e. The molecular formula is C10H8Cl2N2O2S. The highest BCUT2D eigenvalue weighted by Gasteiger charge is 2.19. The molecule has 2 rings (SSSR count). The summed E-state index contributed by atoms with van der Waals surface area (Å²) < 4.78 is 5.80. The van der Waals surface area contributed by atoms with Crippen LogP contribution in [0, 0.1) is 0 Å². The predicted molar refractivity (Wildman–Crippen MR) is 70.1 cm³/mol. The lowest BCUT2D eigenvalue weighted by molar-refractivity contribution is 0.0958. The van der Waals surface area contributed by atoms with Crippen LogP contribution in [0.25, 0.3) is 10.1 Å². The van der Waals surface area contributed by atoms with Crippen molar-refractivity contribution in [2.45, 2.75) is 0 Å². The summed E-state index contributed by atoms with van der Waals surface area (Å²) >= 11 is 13.4. The van der Waals surface area contributed by atoms with Gasteiger partial charge in [0.05, 0.1) is 16.8 Å². The van der Waals surface area contributed by atoms with E-state index in [9.17, 15) is 4.79 Å². The lowest BCUT2D eigenvalue weighted by atomic mass is 10.2. The largest absolute Gasteiger partial charge is 0.495 e. The van der Waals surface area contributed by atoms with Gasteiger partial charge in [0.1, 0.15) is 15.6 Å². The SMILES string of the molecule is COc1ccc2c(Cl)c(C(=O)NN)sc2c1Cl. The van der Waals surface area contributed by atoms with Crippen molar-refractivity contribution in [3.63, 3.8) is 0 Å². The Morgan fingerprint density at radius 1 is 1.41 bits per heavy atom. The van der Waals surface area contributed by atoms with Crippen LogP contribution in [0.15, 0.2) is 12.1 Å². The van der Waals surface area contributed by atoms with E-state index in [1.165, 1.54) is 18.4 Å². The second-order valence-electron chi connectivity index (χ2n) is 3.18. The first-order chi connectivity index (χ1) is 8.10. The fraction of sp³-hybridized carbons (Fsp3) is 0.100. The van der Waals surface area contributed by atoms with Crippen LogP contribution in [0.4, 0.5) is 0 Å². The van der Waals surface area contributed by atoms with Gasteiger partial charge >= 0.3 is 0 Å². The zero-order chi connectivity index (χ0) is 12.6. The van der Waals surface area contributed by atoms with Gasteiger partial charge in [-0.15, -0.1) is 11.3 Å². The molecule has 17 heavy (non-hydrogen) atoms. The lowest BCUT2D eigenvalue weighted by Gasteiger charge is -2.02. The van der Waals surface area contributed by atoms with Gasteiger partial charge in [-0.2, -0.15) is 0 Å². The Labute approximate surface area is 111 Å². The highest BCUT2D eigenvalue weighted by atomic mass is 35.5. The smallest absolute Gasteiger partial charge is 0.276 e. The number of fused-ring (bicyclic) bond motifs is 1. The van der Waals surface area contributed by atoms with Crippen LogP contribution in [-0.2, 0) is 0 Å². The Balaban J connectivity index is 2.73. The average molecular weight is 291 g/mol. The van der Waals surface area contributed by atoms with Gasteiger partial charge in [0.2, 0.25) is 0 Å². The molecule has 0 aliphatic carbocycles. The van der Waals surface area contributed by atoms with Crippen molar-refractivity contribution >= 4 is 50.5 Å². The standard InChI is InChI=1S/C10H8Cl2N2O2S/c1-16-5-3-2-4-6(11)9(10(15)14-13)17-8(4)7(5)12/h2-3H,13H2,1H3,(H,14,15). The number of halogens is 2. The van der Waals surface area contributed by atoms with E-state index >= 15 is 0 Å². The van der Waals surface area contributed by atoms with E-state index in [0.717, 1.165) is 0 Å². The Bertz CT molecular complexity index is 597. The molecule has 0 atom stereocenters. The third-order valence-corrected chi connectivity index (χ3v) is 4.47. The number of rotatable bonds is 2. The number of nitrogen functional groups attached to an aromatic ring is 1. The summed E-state index contributed by atoms with van der Waals surface area (Å²) in [6.07, 6.45) is 0. The molecular weight excluding hydrogens is 283 g/mol. The highest BCUT2D eigenvalue weighted by molar-refractivity contribution is 7.22. The molecule has 3 N–H and O–H groups in total. The van der Waals surface area contributed by atoms with Crippen molar-refractivity contribution in [3.05, 3.63) is 27.1 Å². The molecule has 4 nitrogen and oxygen atoms in total. The maximum Gasteiger partial charge on any atom is 0.276 e. The fourth-order valence-electron chi connectivity index (χ4n) is 1.45. The van der Waals surface area contributed by atoms with Crippen molar-refractivity contribution in [3.8, 4) is 5.75 Å². The van der Waals surface area contributed by atoms with Crippen LogP contribution < -0.4 is 16.0 Å². The van der Waals surface area contributed by atoms with E-state index in [0.29, 0.717) is 30.8 Å². The molecule has 0 saturated carbocycles.